The van der Waals surface area contributed by atoms with Crippen LogP contribution in [0.4, 0.5) is 10.5 Å². The summed E-state index contributed by atoms with van der Waals surface area (Å²) in [5.41, 5.74) is 10.6. The van der Waals surface area contributed by atoms with Crippen molar-refractivity contribution in [1.82, 2.24) is 40.1 Å². The molecule has 6 atom stereocenters. The predicted molar refractivity (Wildman–Crippen MR) is 245 cm³/mol. The number of cyclic esters (lactones) is 1. The summed E-state index contributed by atoms with van der Waals surface area (Å²) in [5, 5.41) is 8.15. The molecule has 0 unspecified atom stereocenters. The molecule has 3 aromatic heterocycles. The van der Waals surface area contributed by atoms with E-state index in [1.807, 2.05) is 25.4 Å². The number of fused-ring (bicyclic) bond motifs is 7. The van der Waals surface area contributed by atoms with E-state index in [9.17, 15) is 14.4 Å². The number of piperazine rings is 1. The molecule has 3 amide bonds. The van der Waals surface area contributed by atoms with Gasteiger partial charge >= 0.3 is 12.0 Å². The summed E-state index contributed by atoms with van der Waals surface area (Å²) in [4.78, 5) is 59.5. The molecule has 0 spiro atoms. The van der Waals surface area contributed by atoms with Gasteiger partial charge in [-0.1, -0.05) is 19.9 Å². The average Bonchev–Trinajstić information content (AvgIpc) is 4.01. The summed E-state index contributed by atoms with van der Waals surface area (Å²) in [6, 6.07) is 6.50. The fraction of sp³-hybridized carbons (Fsp3) is 0.596. The van der Waals surface area contributed by atoms with Gasteiger partial charge in [-0.15, -0.1) is 11.3 Å². The molecule has 5 aliphatic heterocycles. The van der Waals surface area contributed by atoms with Crippen LogP contribution in [0.15, 0.2) is 35.8 Å². The number of amides is 3. The van der Waals surface area contributed by atoms with Gasteiger partial charge in [-0.3, -0.25) is 19.6 Å². The molecule has 9 rings (SSSR count). The summed E-state index contributed by atoms with van der Waals surface area (Å²) >= 11 is 1.40. The van der Waals surface area contributed by atoms with Gasteiger partial charge < -0.3 is 43.5 Å². The number of benzene rings is 1. The van der Waals surface area contributed by atoms with Crippen molar-refractivity contribution in [2.75, 3.05) is 84.8 Å². The van der Waals surface area contributed by atoms with Gasteiger partial charge in [-0.2, -0.15) is 0 Å². The van der Waals surface area contributed by atoms with E-state index in [0.29, 0.717) is 63.0 Å². The standard InChI is InChI=1S/C47H63N9O7S/c1-8-54-37-13-12-29-19-32(37)34(41(54)33-20-31(22-48-39(33)28(3)60-7)53-17-15-52(6)16-18-53)21-47(4,5)27-63-45(58)35-11-10-14-56(51-35)44(57)40(42(62-9-2)43-49-36(29)26-64-43)50-46(59)55-23-30-24-61-25-38(30)55/h12-13,19-20,22,26,28,30,35,38,40,42,51H,8-11,14-18,21,23-25,27H2,1-7H3,(H,50,59)/t28-,30-,35-,38+,40-,42-/m0/s1. The number of urea groups is 1. The Kier molecular flexibility index (Phi) is 12.8. The Labute approximate surface area is 379 Å². The second-order valence-electron chi connectivity index (χ2n) is 18.8. The Balaban J connectivity index is 1.18. The number of hydrogen-bond acceptors (Lipinski definition) is 13. The lowest BCUT2D eigenvalue weighted by atomic mass is 9.84. The Morgan fingerprint density at radius 1 is 1.11 bits per heavy atom. The molecule has 5 aliphatic rings. The molecule has 0 saturated carbocycles. The number of pyridine rings is 1. The van der Waals surface area contributed by atoms with Crippen LogP contribution < -0.4 is 15.6 Å². The van der Waals surface area contributed by atoms with Crippen LogP contribution in [0.25, 0.3) is 33.4 Å². The highest BCUT2D eigenvalue weighted by Gasteiger charge is 2.48. The van der Waals surface area contributed by atoms with Gasteiger partial charge in [0.2, 0.25) is 0 Å². The number of likely N-dealkylation sites (tertiary alicyclic amines) is 1. The van der Waals surface area contributed by atoms with Crippen LogP contribution >= 0.6 is 11.3 Å². The summed E-state index contributed by atoms with van der Waals surface area (Å²) in [6.07, 6.45) is 2.46. The summed E-state index contributed by atoms with van der Waals surface area (Å²) < 4.78 is 26.6. The number of rotatable bonds is 8. The highest BCUT2D eigenvalue weighted by molar-refractivity contribution is 7.10. The first-order valence-electron chi connectivity index (χ1n) is 23.0. The highest BCUT2D eigenvalue weighted by atomic mass is 32.1. The Morgan fingerprint density at radius 2 is 1.92 bits per heavy atom. The number of methoxy groups -OCH3 is 1. The van der Waals surface area contributed by atoms with Crippen molar-refractivity contribution in [1.29, 1.82) is 0 Å². The Hall–Kier alpha value is -4.65. The number of nitrogens with one attached hydrogen (secondary N) is 2. The van der Waals surface area contributed by atoms with Crippen molar-refractivity contribution in [3.63, 3.8) is 0 Å². The lowest BCUT2D eigenvalue weighted by Gasteiger charge is -2.44. The summed E-state index contributed by atoms with van der Waals surface area (Å²) in [7, 11) is 3.88. The Morgan fingerprint density at radius 3 is 2.67 bits per heavy atom. The maximum Gasteiger partial charge on any atom is 0.324 e. The van der Waals surface area contributed by atoms with Crippen LogP contribution in [0, 0.1) is 11.3 Å². The zero-order valence-electron chi connectivity index (χ0n) is 38.2. The molecule has 8 heterocycles. The number of carbonyl (C=O) groups is 3. The van der Waals surface area contributed by atoms with Crippen LogP contribution in [0.3, 0.4) is 0 Å². The number of esters is 1. The van der Waals surface area contributed by atoms with Gasteiger partial charge in [-0.05, 0) is 70.8 Å². The summed E-state index contributed by atoms with van der Waals surface area (Å²) in [6.45, 7) is 17.2. The van der Waals surface area contributed by atoms with Crippen LogP contribution in [-0.2, 0) is 41.5 Å². The molecule has 1 aromatic carbocycles. The molecule has 64 heavy (non-hydrogen) atoms. The largest absolute Gasteiger partial charge is 0.464 e. The van der Waals surface area contributed by atoms with Crippen LogP contribution in [-0.4, -0.2) is 145 Å². The zero-order valence-corrected chi connectivity index (χ0v) is 39.0. The van der Waals surface area contributed by atoms with E-state index < -0.39 is 35.5 Å². The summed E-state index contributed by atoms with van der Waals surface area (Å²) in [5.74, 6) is -0.542. The van der Waals surface area contributed by atoms with E-state index in [2.05, 4.69) is 77.2 Å². The van der Waals surface area contributed by atoms with Crippen molar-refractivity contribution in [2.24, 2.45) is 11.3 Å². The van der Waals surface area contributed by atoms with Gasteiger partial charge in [0.25, 0.3) is 5.91 Å². The molecule has 4 fully saturated rings. The van der Waals surface area contributed by atoms with Crippen LogP contribution in [0.1, 0.15) is 75.9 Å². The fourth-order valence-electron chi connectivity index (χ4n) is 10.0. The third-order valence-electron chi connectivity index (χ3n) is 13.8. The molecule has 344 valence electrons. The lowest BCUT2D eigenvalue weighted by Crippen LogP contribution is -2.65. The average molecular weight is 898 g/mol. The first-order valence-corrected chi connectivity index (χ1v) is 23.8. The number of carbonyl (C=O) groups excluding carboxylic acids is 3. The van der Waals surface area contributed by atoms with Crippen molar-refractivity contribution >= 4 is 45.8 Å². The number of likely N-dealkylation sites (N-methyl/N-ethyl adjacent to an activating group) is 1. The smallest absolute Gasteiger partial charge is 0.324 e. The fourth-order valence-corrected chi connectivity index (χ4v) is 10.9. The predicted octanol–water partition coefficient (Wildman–Crippen LogP) is 5.41. The number of nitrogens with zero attached hydrogens (tertiary/aromatic N) is 7. The molecule has 2 N–H and O–H groups in total. The molecule has 0 radical (unpaired) electrons. The minimum atomic E-state index is -1.14. The quantitative estimate of drug-likeness (QED) is 0.217. The second-order valence-corrected chi connectivity index (χ2v) is 19.6. The first-order chi connectivity index (χ1) is 30.9. The minimum absolute atomic E-state index is 0.0298. The maximum absolute atomic E-state index is 14.7. The third kappa shape index (κ3) is 8.50. The van der Waals surface area contributed by atoms with Crippen molar-refractivity contribution < 1.29 is 33.3 Å². The van der Waals surface area contributed by atoms with E-state index in [1.165, 1.54) is 16.3 Å². The topological polar surface area (TPSA) is 156 Å². The van der Waals surface area contributed by atoms with Crippen molar-refractivity contribution in [3.8, 4) is 22.5 Å². The number of hydrogen-bond donors (Lipinski definition) is 2. The Bertz CT molecular complexity index is 2380. The molecule has 4 aromatic rings. The van der Waals surface area contributed by atoms with Crippen molar-refractivity contribution in [2.45, 2.75) is 90.8 Å². The highest BCUT2D eigenvalue weighted by Crippen LogP contribution is 2.43. The molecule has 4 saturated heterocycles. The van der Waals surface area contributed by atoms with E-state index in [4.69, 9.17) is 28.9 Å². The SMILES string of the molecule is CCO[C@@H]1c2nc(cs2)-c2ccc3c(c2)c(c(-c2cc(N4CCN(C)CC4)cnc2[C@H](C)OC)n3CC)CC(C)(C)COC(=O)[C@@H]2CCCN(N2)C(=O)[C@H]1NC(=O)N1C[C@H]2COC[C@H]21. The number of hydrazine groups is 1. The minimum Gasteiger partial charge on any atom is -0.464 e. The van der Waals surface area contributed by atoms with Gasteiger partial charge in [0.1, 0.15) is 23.2 Å². The molecule has 17 heteroatoms. The monoisotopic (exact) mass is 897 g/mol. The molecule has 6 bridgehead atoms. The molecular weight excluding hydrogens is 835 g/mol. The molecular formula is C47H63N9O7S. The van der Waals surface area contributed by atoms with E-state index >= 15 is 0 Å². The van der Waals surface area contributed by atoms with Gasteiger partial charge in [-0.25, -0.2) is 15.2 Å². The maximum atomic E-state index is 14.7. The van der Waals surface area contributed by atoms with Crippen LogP contribution in [0.2, 0.25) is 0 Å². The number of thiazole rings is 1. The normalized spacial score (nSPS) is 25.7. The number of anilines is 1. The van der Waals surface area contributed by atoms with E-state index in [-0.39, 0.29) is 31.4 Å². The molecule has 16 nitrogen and oxygen atoms in total. The van der Waals surface area contributed by atoms with Gasteiger partial charge in [0.15, 0.2) is 0 Å². The molecule has 0 aliphatic carbocycles. The van der Waals surface area contributed by atoms with Crippen LogP contribution in [0.5, 0.6) is 0 Å². The van der Waals surface area contributed by atoms with E-state index in [0.717, 1.165) is 76.5 Å². The first kappa shape index (κ1) is 44.5. The third-order valence-corrected chi connectivity index (χ3v) is 14.7. The second kappa shape index (κ2) is 18.3. The zero-order chi connectivity index (χ0) is 44.9. The lowest BCUT2D eigenvalue weighted by molar-refractivity contribution is -0.156. The number of aromatic nitrogens is 3. The number of ether oxygens (including phenoxy) is 4. The van der Waals surface area contributed by atoms with E-state index in [1.54, 1.807) is 12.0 Å². The van der Waals surface area contributed by atoms with Gasteiger partial charge in [0.05, 0.1) is 60.9 Å². The number of aryl methyl sites for hydroxylation is 1. The van der Waals surface area contributed by atoms with Gasteiger partial charge in [0, 0.05) is 98.3 Å². The van der Waals surface area contributed by atoms with Crippen molar-refractivity contribution in [3.05, 3.63) is 52.1 Å².